The molecule has 0 aromatic heterocycles. The van der Waals surface area contributed by atoms with Gasteiger partial charge in [0.05, 0.1) is 0 Å². The number of nitrogens with zero attached hydrogens (tertiary/aromatic N) is 1. The smallest absolute Gasteiger partial charge is 0.277 e. The van der Waals surface area contributed by atoms with Crippen LogP contribution in [0.5, 0.6) is 0 Å². The molecule has 1 saturated heterocycles. The van der Waals surface area contributed by atoms with Gasteiger partial charge in [-0.2, -0.15) is 0 Å². The summed E-state index contributed by atoms with van der Waals surface area (Å²) in [5, 5.41) is 2.37. The second-order valence-electron chi connectivity index (χ2n) is 6.11. The molecular formula is C14H20N2O3. The fraction of sp³-hybridized carbons (Fsp3) is 0.786. The minimum atomic E-state index is -0.914. The number of nitrogens with one attached hydrogen (secondary N) is 1. The summed E-state index contributed by atoms with van der Waals surface area (Å²) in [7, 11) is 0. The van der Waals surface area contributed by atoms with Crippen LogP contribution in [0.4, 0.5) is 4.79 Å². The Kier molecular flexibility index (Phi) is 3.07. The summed E-state index contributed by atoms with van der Waals surface area (Å²) in [6.45, 7) is 0.486. The molecule has 5 heteroatoms. The number of carbonyl (C=O) groups is 3. The summed E-state index contributed by atoms with van der Waals surface area (Å²) < 4.78 is 0. The summed E-state index contributed by atoms with van der Waals surface area (Å²) in [4.78, 5) is 37.5. The van der Waals surface area contributed by atoms with E-state index in [2.05, 4.69) is 5.32 Å². The van der Waals surface area contributed by atoms with E-state index in [1.165, 1.54) is 24.2 Å². The molecule has 3 aliphatic rings. The Morgan fingerprint density at radius 3 is 2.32 bits per heavy atom. The number of carbonyl (C=O) groups excluding carboxylic acids is 3. The van der Waals surface area contributed by atoms with Crippen molar-refractivity contribution in [2.45, 2.75) is 51.4 Å². The molecule has 1 N–H and O–H groups in total. The quantitative estimate of drug-likeness (QED) is 0.773. The Morgan fingerprint density at radius 2 is 1.74 bits per heavy atom. The molecule has 3 fully saturated rings. The van der Waals surface area contributed by atoms with Gasteiger partial charge in [-0.1, -0.05) is 25.7 Å². The van der Waals surface area contributed by atoms with Crippen LogP contribution in [-0.4, -0.2) is 29.3 Å². The zero-order valence-corrected chi connectivity index (χ0v) is 11.1. The van der Waals surface area contributed by atoms with Crippen LogP contribution in [-0.2, 0) is 9.59 Å². The zero-order chi connectivity index (χ0) is 13.5. The van der Waals surface area contributed by atoms with E-state index in [4.69, 9.17) is 0 Å². The van der Waals surface area contributed by atoms with Crippen molar-refractivity contribution in [3.63, 3.8) is 0 Å². The lowest BCUT2D eigenvalue weighted by atomic mass is 9.66. The highest BCUT2D eigenvalue weighted by Gasteiger charge is 2.57. The van der Waals surface area contributed by atoms with E-state index in [1.807, 2.05) is 0 Å². The molecule has 1 spiro atoms. The van der Waals surface area contributed by atoms with Crippen LogP contribution in [0.3, 0.4) is 0 Å². The van der Waals surface area contributed by atoms with E-state index < -0.39 is 11.4 Å². The third kappa shape index (κ3) is 1.95. The number of barbiturate groups is 1. The van der Waals surface area contributed by atoms with Crippen LogP contribution in [0.15, 0.2) is 0 Å². The van der Waals surface area contributed by atoms with Crippen molar-refractivity contribution in [2.24, 2.45) is 11.3 Å². The third-order valence-corrected chi connectivity index (χ3v) is 4.93. The first-order valence-electron chi connectivity index (χ1n) is 7.31. The number of amides is 4. The van der Waals surface area contributed by atoms with Gasteiger partial charge in [0, 0.05) is 6.54 Å². The zero-order valence-electron chi connectivity index (χ0n) is 11.1. The minimum Gasteiger partial charge on any atom is -0.277 e. The molecule has 5 nitrogen and oxygen atoms in total. The SMILES string of the molecule is O=C1NC(=O)C2(CCC2)C(=O)N1CC1CCCCC1. The molecule has 1 heterocycles. The molecule has 104 valence electrons. The van der Waals surface area contributed by atoms with Crippen LogP contribution < -0.4 is 5.32 Å². The molecular weight excluding hydrogens is 244 g/mol. The van der Waals surface area contributed by atoms with Gasteiger partial charge in [-0.25, -0.2) is 4.79 Å². The van der Waals surface area contributed by atoms with Crippen molar-refractivity contribution in [2.75, 3.05) is 6.54 Å². The van der Waals surface area contributed by atoms with Gasteiger partial charge in [-0.05, 0) is 31.6 Å². The van der Waals surface area contributed by atoms with E-state index in [0.717, 1.165) is 19.3 Å². The maximum absolute atomic E-state index is 12.5. The Morgan fingerprint density at radius 1 is 1.05 bits per heavy atom. The van der Waals surface area contributed by atoms with Crippen LogP contribution in [0.1, 0.15) is 51.4 Å². The second kappa shape index (κ2) is 4.62. The van der Waals surface area contributed by atoms with Crippen LogP contribution in [0.25, 0.3) is 0 Å². The molecule has 1 aliphatic heterocycles. The largest absolute Gasteiger partial charge is 0.330 e. The van der Waals surface area contributed by atoms with Crippen molar-refractivity contribution in [1.29, 1.82) is 0 Å². The number of rotatable bonds is 2. The van der Waals surface area contributed by atoms with E-state index >= 15 is 0 Å². The Balaban J connectivity index is 1.74. The third-order valence-electron chi connectivity index (χ3n) is 4.93. The first kappa shape index (κ1) is 12.6. The van der Waals surface area contributed by atoms with Gasteiger partial charge in [0.2, 0.25) is 11.8 Å². The van der Waals surface area contributed by atoms with Crippen LogP contribution >= 0.6 is 0 Å². The van der Waals surface area contributed by atoms with E-state index in [9.17, 15) is 14.4 Å². The highest BCUT2D eigenvalue weighted by Crippen LogP contribution is 2.44. The summed E-state index contributed by atoms with van der Waals surface area (Å²) in [6, 6.07) is -0.516. The predicted molar refractivity (Wildman–Crippen MR) is 68.1 cm³/mol. The lowest BCUT2D eigenvalue weighted by Crippen LogP contribution is -2.66. The lowest BCUT2D eigenvalue weighted by Gasteiger charge is -2.45. The van der Waals surface area contributed by atoms with Gasteiger partial charge in [0.15, 0.2) is 0 Å². The Labute approximate surface area is 112 Å². The average Bonchev–Trinajstić information content (AvgIpc) is 2.34. The van der Waals surface area contributed by atoms with Crippen LogP contribution in [0, 0.1) is 11.3 Å². The summed E-state index contributed by atoms with van der Waals surface area (Å²) in [6.07, 6.45) is 7.84. The fourth-order valence-electron chi connectivity index (χ4n) is 3.50. The number of urea groups is 1. The van der Waals surface area contributed by atoms with E-state index in [-0.39, 0.29) is 11.8 Å². The van der Waals surface area contributed by atoms with Crippen molar-refractivity contribution < 1.29 is 14.4 Å². The summed E-state index contributed by atoms with van der Waals surface area (Å²) >= 11 is 0. The maximum Gasteiger partial charge on any atom is 0.330 e. The standard InChI is InChI=1S/C14H20N2O3/c17-11-14(7-4-8-14)12(18)16(13(19)15-11)9-10-5-2-1-3-6-10/h10H,1-9H2,(H,15,17,19). The van der Waals surface area contributed by atoms with Gasteiger partial charge in [0.25, 0.3) is 0 Å². The molecule has 4 amide bonds. The summed E-state index contributed by atoms with van der Waals surface area (Å²) in [5.41, 5.74) is -0.914. The monoisotopic (exact) mass is 264 g/mol. The van der Waals surface area contributed by atoms with E-state index in [0.29, 0.717) is 25.3 Å². The topological polar surface area (TPSA) is 66.5 Å². The average molecular weight is 264 g/mol. The number of imide groups is 2. The van der Waals surface area contributed by atoms with Gasteiger partial charge < -0.3 is 0 Å². The molecule has 0 radical (unpaired) electrons. The molecule has 2 saturated carbocycles. The first-order chi connectivity index (χ1) is 9.13. The normalized spacial score (nSPS) is 27.4. The first-order valence-corrected chi connectivity index (χ1v) is 7.31. The van der Waals surface area contributed by atoms with Gasteiger partial charge in [-0.3, -0.25) is 19.8 Å². The minimum absolute atomic E-state index is 0.252. The molecule has 19 heavy (non-hydrogen) atoms. The highest BCUT2D eigenvalue weighted by atomic mass is 16.2. The highest BCUT2D eigenvalue weighted by molar-refractivity contribution is 6.19. The lowest BCUT2D eigenvalue weighted by molar-refractivity contribution is -0.158. The second-order valence-corrected chi connectivity index (χ2v) is 6.11. The van der Waals surface area contributed by atoms with Crippen LogP contribution in [0.2, 0.25) is 0 Å². The molecule has 0 atom stereocenters. The number of hydrogen-bond acceptors (Lipinski definition) is 3. The van der Waals surface area contributed by atoms with Crippen molar-refractivity contribution in [3.05, 3.63) is 0 Å². The fourth-order valence-corrected chi connectivity index (χ4v) is 3.50. The Hall–Kier alpha value is -1.39. The van der Waals surface area contributed by atoms with Crippen molar-refractivity contribution in [1.82, 2.24) is 10.2 Å². The number of hydrogen-bond donors (Lipinski definition) is 1. The molecule has 0 unspecified atom stereocenters. The molecule has 3 rings (SSSR count). The summed E-state index contributed by atoms with van der Waals surface area (Å²) in [5.74, 6) is -0.222. The maximum atomic E-state index is 12.5. The molecule has 0 bridgehead atoms. The van der Waals surface area contributed by atoms with Gasteiger partial charge in [0.1, 0.15) is 5.41 Å². The van der Waals surface area contributed by atoms with Gasteiger partial charge >= 0.3 is 6.03 Å². The Bertz CT molecular complexity index is 422. The molecule has 2 aliphatic carbocycles. The van der Waals surface area contributed by atoms with Gasteiger partial charge in [-0.15, -0.1) is 0 Å². The molecule has 0 aromatic carbocycles. The predicted octanol–water partition coefficient (Wildman–Crippen LogP) is 1.82. The van der Waals surface area contributed by atoms with E-state index in [1.54, 1.807) is 0 Å². The van der Waals surface area contributed by atoms with Crippen molar-refractivity contribution in [3.8, 4) is 0 Å². The molecule has 0 aromatic rings. The van der Waals surface area contributed by atoms with Crippen molar-refractivity contribution >= 4 is 17.8 Å².